The zero-order chi connectivity index (χ0) is 11.2. The summed E-state index contributed by atoms with van der Waals surface area (Å²) < 4.78 is 5.60. The molecule has 0 amide bonds. The van der Waals surface area contributed by atoms with Gasteiger partial charge in [0, 0.05) is 23.7 Å². The minimum Gasteiger partial charge on any atom is -0.384 e. The van der Waals surface area contributed by atoms with E-state index in [-0.39, 0.29) is 0 Å². The van der Waals surface area contributed by atoms with Gasteiger partial charge in [-0.1, -0.05) is 12.1 Å². The molecule has 1 atom stereocenters. The Bertz CT molecular complexity index is 323. The van der Waals surface area contributed by atoms with E-state index in [2.05, 4.69) is 35.8 Å². The summed E-state index contributed by atoms with van der Waals surface area (Å²) in [5, 5.41) is 3.49. The van der Waals surface area contributed by atoms with Gasteiger partial charge >= 0.3 is 0 Å². The van der Waals surface area contributed by atoms with Gasteiger partial charge in [-0.3, -0.25) is 0 Å². The highest BCUT2D eigenvalue weighted by atomic mass is 32.2. The molecule has 1 aliphatic rings. The van der Waals surface area contributed by atoms with Crippen LogP contribution >= 0.6 is 11.8 Å². The van der Waals surface area contributed by atoms with Crippen LogP contribution in [0.3, 0.4) is 0 Å². The summed E-state index contributed by atoms with van der Waals surface area (Å²) >= 11 is 1.78. The summed E-state index contributed by atoms with van der Waals surface area (Å²) in [5.41, 5.74) is 1.24. The van der Waals surface area contributed by atoms with Crippen molar-refractivity contribution in [2.24, 2.45) is 0 Å². The summed E-state index contributed by atoms with van der Waals surface area (Å²) in [6, 6.07) is 8.45. The minimum absolute atomic E-state index is 0.481. The predicted octanol–water partition coefficient (Wildman–Crippen LogP) is 3.39. The first kappa shape index (κ1) is 11.8. The molecule has 0 spiro atoms. The Morgan fingerprint density at radius 1 is 1.44 bits per heavy atom. The summed E-state index contributed by atoms with van der Waals surface area (Å²) in [5.74, 6) is 0. The number of hydrogen-bond donors (Lipinski definition) is 1. The Morgan fingerprint density at radius 3 is 3.06 bits per heavy atom. The molecule has 0 radical (unpaired) electrons. The van der Waals surface area contributed by atoms with Gasteiger partial charge in [-0.15, -0.1) is 11.8 Å². The van der Waals surface area contributed by atoms with Crippen LogP contribution in [0.25, 0.3) is 0 Å². The molecule has 3 heteroatoms. The highest BCUT2D eigenvalue weighted by molar-refractivity contribution is 7.98. The lowest BCUT2D eigenvalue weighted by Gasteiger charge is -2.13. The van der Waals surface area contributed by atoms with Crippen molar-refractivity contribution in [2.75, 3.05) is 24.7 Å². The van der Waals surface area contributed by atoms with Crippen LogP contribution in [0.15, 0.2) is 29.2 Å². The summed E-state index contributed by atoms with van der Waals surface area (Å²) in [6.07, 6.45) is 6.16. The van der Waals surface area contributed by atoms with Gasteiger partial charge in [0.2, 0.25) is 0 Å². The van der Waals surface area contributed by atoms with Crippen LogP contribution < -0.4 is 5.32 Å². The molecule has 0 aliphatic carbocycles. The zero-order valence-electron chi connectivity index (χ0n) is 9.74. The minimum atomic E-state index is 0.481. The van der Waals surface area contributed by atoms with E-state index in [1.54, 1.807) is 11.8 Å². The number of rotatable bonds is 5. The van der Waals surface area contributed by atoms with E-state index in [1.807, 2.05) is 0 Å². The van der Waals surface area contributed by atoms with Crippen molar-refractivity contribution in [1.29, 1.82) is 0 Å². The smallest absolute Gasteiger partial charge is 0.0592 e. The molecule has 2 nitrogen and oxygen atoms in total. The SMILES string of the molecule is CSc1ccccc1NCCC1CCCO1. The van der Waals surface area contributed by atoms with Crippen molar-refractivity contribution in [3.63, 3.8) is 0 Å². The summed E-state index contributed by atoms with van der Waals surface area (Å²) in [6.45, 7) is 1.95. The number of ether oxygens (including phenoxy) is 1. The van der Waals surface area contributed by atoms with Gasteiger partial charge in [-0.2, -0.15) is 0 Å². The second-order valence-corrected chi connectivity index (χ2v) is 4.90. The Morgan fingerprint density at radius 2 is 2.31 bits per heavy atom. The molecule has 1 aliphatic heterocycles. The first-order chi connectivity index (χ1) is 7.90. The van der Waals surface area contributed by atoms with Crippen LogP contribution in [0.5, 0.6) is 0 Å². The van der Waals surface area contributed by atoms with Crippen molar-refractivity contribution in [3.8, 4) is 0 Å². The first-order valence-electron chi connectivity index (χ1n) is 5.88. The van der Waals surface area contributed by atoms with E-state index in [0.29, 0.717) is 6.10 Å². The van der Waals surface area contributed by atoms with Crippen LogP contribution in [0, 0.1) is 0 Å². The van der Waals surface area contributed by atoms with Crippen molar-refractivity contribution in [2.45, 2.75) is 30.3 Å². The van der Waals surface area contributed by atoms with E-state index in [0.717, 1.165) is 19.6 Å². The number of para-hydroxylation sites is 1. The number of benzene rings is 1. The predicted molar refractivity (Wildman–Crippen MR) is 70.3 cm³/mol. The molecular formula is C13H19NOS. The quantitative estimate of drug-likeness (QED) is 0.793. The standard InChI is InChI=1S/C13H19NOS/c1-16-13-7-3-2-6-12(13)14-9-8-11-5-4-10-15-11/h2-3,6-7,11,14H,4-5,8-10H2,1H3. The summed E-state index contributed by atoms with van der Waals surface area (Å²) in [7, 11) is 0. The fourth-order valence-corrected chi connectivity index (χ4v) is 2.61. The molecule has 1 aromatic carbocycles. The van der Waals surface area contributed by atoms with Gasteiger partial charge in [0.15, 0.2) is 0 Å². The zero-order valence-corrected chi connectivity index (χ0v) is 10.6. The monoisotopic (exact) mass is 237 g/mol. The third kappa shape index (κ3) is 3.16. The van der Waals surface area contributed by atoms with Gasteiger partial charge in [-0.05, 0) is 37.7 Å². The van der Waals surface area contributed by atoms with E-state index < -0.39 is 0 Å². The molecular weight excluding hydrogens is 218 g/mol. The van der Waals surface area contributed by atoms with E-state index >= 15 is 0 Å². The normalized spacial score (nSPS) is 19.9. The van der Waals surface area contributed by atoms with Crippen molar-refractivity contribution < 1.29 is 4.74 Å². The first-order valence-corrected chi connectivity index (χ1v) is 7.11. The highest BCUT2D eigenvalue weighted by Gasteiger charge is 2.14. The number of anilines is 1. The van der Waals surface area contributed by atoms with Crippen molar-refractivity contribution in [3.05, 3.63) is 24.3 Å². The molecule has 1 saturated heterocycles. The lowest BCUT2D eigenvalue weighted by Crippen LogP contribution is -2.12. The molecule has 0 bridgehead atoms. The number of thioether (sulfide) groups is 1. The highest BCUT2D eigenvalue weighted by Crippen LogP contribution is 2.24. The molecule has 2 rings (SSSR count). The van der Waals surface area contributed by atoms with E-state index in [4.69, 9.17) is 4.74 Å². The molecule has 88 valence electrons. The third-order valence-corrected chi connectivity index (χ3v) is 3.71. The van der Waals surface area contributed by atoms with Crippen LogP contribution in [-0.4, -0.2) is 25.5 Å². The fourth-order valence-electron chi connectivity index (χ4n) is 2.03. The van der Waals surface area contributed by atoms with Gasteiger partial charge in [0.25, 0.3) is 0 Å². The molecule has 0 aromatic heterocycles. The van der Waals surface area contributed by atoms with Crippen LogP contribution in [-0.2, 0) is 4.74 Å². The molecule has 1 N–H and O–H groups in total. The van der Waals surface area contributed by atoms with Gasteiger partial charge < -0.3 is 10.1 Å². The maximum atomic E-state index is 5.60. The molecule has 0 saturated carbocycles. The average molecular weight is 237 g/mol. The second kappa shape index (κ2) is 6.16. The van der Waals surface area contributed by atoms with Crippen LogP contribution in [0.1, 0.15) is 19.3 Å². The van der Waals surface area contributed by atoms with Crippen LogP contribution in [0.4, 0.5) is 5.69 Å². The Kier molecular flexibility index (Phi) is 4.55. The Balaban J connectivity index is 1.79. The number of hydrogen-bond acceptors (Lipinski definition) is 3. The fraction of sp³-hybridized carbons (Fsp3) is 0.538. The van der Waals surface area contributed by atoms with Crippen LogP contribution in [0.2, 0.25) is 0 Å². The molecule has 1 fully saturated rings. The molecule has 1 aromatic rings. The maximum absolute atomic E-state index is 5.60. The average Bonchev–Trinajstić information content (AvgIpc) is 2.83. The van der Waals surface area contributed by atoms with Crippen molar-refractivity contribution >= 4 is 17.4 Å². The lowest BCUT2D eigenvalue weighted by atomic mass is 10.2. The maximum Gasteiger partial charge on any atom is 0.0592 e. The summed E-state index contributed by atoms with van der Waals surface area (Å²) in [4.78, 5) is 1.31. The number of nitrogens with one attached hydrogen (secondary N) is 1. The lowest BCUT2D eigenvalue weighted by molar-refractivity contribution is 0.107. The Labute approximate surface area is 102 Å². The molecule has 1 unspecified atom stereocenters. The third-order valence-electron chi connectivity index (χ3n) is 2.91. The largest absolute Gasteiger partial charge is 0.384 e. The van der Waals surface area contributed by atoms with E-state index in [9.17, 15) is 0 Å². The topological polar surface area (TPSA) is 21.3 Å². The molecule has 1 heterocycles. The van der Waals surface area contributed by atoms with Gasteiger partial charge in [0.1, 0.15) is 0 Å². The van der Waals surface area contributed by atoms with Crippen molar-refractivity contribution in [1.82, 2.24) is 0 Å². The second-order valence-electron chi connectivity index (χ2n) is 4.05. The van der Waals surface area contributed by atoms with Gasteiger partial charge in [-0.25, -0.2) is 0 Å². The van der Waals surface area contributed by atoms with E-state index in [1.165, 1.54) is 23.4 Å². The van der Waals surface area contributed by atoms with Gasteiger partial charge in [0.05, 0.1) is 6.10 Å². The Hall–Kier alpha value is -0.670. The molecule has 16 heavy (non-hydrogen) atoms.